The summed E-state index contributed by atoms with van der Waals surface area (Å²) in [5.41, 5.74) is -0.773. The topological polar surface area (TPSA) is 70.0 Å². The number of halogens is 3. The molecule has 0 aliphatic rings. The Labute approximate surface area is 117 Å². The second-order valence-electron chi connectivity index (χ2n) is 3.65. The first-order valence-electron chi connectivity index (χ1n) is 5.25. The number of nitriles is 1. The summed E-state index contributed by atoms with van der Waals surface area (Å²) in [6, 6.07) is 5.25. The van der Waals surface area contributed by atoms with Gasteiger partial charge in [0.25, 0.3) is 0 Å². The summed E-state index contributed by atoms with van der Waals surface area (Å²) in [6.45, 7) is 0. The highest BCUT2D eigenvalue weighted by molar-refractivity contribution is 8.13. The van der Waals surface area contributed by atoms with Gasteiger partial charge in [-0.3, -0.25) is 9.59 Å². The maximum atomic E-state index is 12.3. The van der Waals surface area contributed by atoms with Crippen LogP contribution in [0.4, 0.5) is 18.9 Å². The van der Waals surface area contributed by atoms with Crippen molar-refractivity contribution in [3.8, 4) is 6.07 Å². The standard InChI is InChI=1S/C12H9F3N2O2S/c1-20-11(19)9(6-16)10(18)17-8-4-2-7(3-5-8)12(13,14)15/h2-5,9H,1H3,(H,17,18). The van der Waals surface area contributed by atoms with Crippen LogP contribution in [-0.2, 0) is 15.8 Å². The molecule has 8 heteroatoms. The lowest BCUT2D eigenvalue weighted by Gasteiger charge is -2.10. The van der Waals surface area contributed by atoms with Crippen molar-refractivity contribution in [2.75, 3.05) is 11.6 Å². The largest absolute Gasteiger partial charge is 0.416 e. The first-order chi connectivity index (χ1) is 9.29. The molecule has 1 amide bonds. The zero-order chi connectivity index (χ0) is 15.3. The Morgan fingerprint density at radius 1 is 1.30 bits per heavy atom. The molecular weight excluding hydrogens is 293 g/mol. The molecular formula is C12H9F3N2O2S. The Morgan fingerprint density at radius 3 is 2.25 bits per heavy atom. The Balaban J connectivity index is 2.82. The number of carbonyl (C=O) groups excluding carboxylic acids is 2. The minimum atomic E-state index is -4.47. The van der Waals surface area contributed by atoms with Crippen molar-refractivity contribution in [3.63, 3.8) is 0 Å². The van der Waals surface area contributed by atoms with Gasteiger partial charge in [0.15, 0.2) is 5.92 Å². The van der Waals surface area contributed by atoms with Crippen LogP contribution in [0.2, 0.25) is 0 Å². The fraction of sp³-hybridized carbons (Fsp3) is 0.250. The van der Waals surface area contributed by atoms with Gasteiger partial charge >= 0.3 is 6.18 Å². The monoisotopic (exact) mass is 302 g/mol. The van der Waals surface area contributed by atoms with E-state index in [4.69, 9.17) is 5.26 Å². The molecule has 0 saturated heterocycles. The van der Waals surface area contributed by atoms with Gasteiger partial charge in [-0.25, -0.2) is 0 Å². The number of hydrogen-bond donors (Lipinski definition) is 1. The van der Waals surface area contributed by atoms with Crippen LogP contribution in [0.3, 0.4) is 0 Å². The highest BCUT2D eigenvalue weighted by atomic mass is 32.2. The number of carbonyl (C=O) groups is 2. The molecule has 0 fully saturated rings. The molecule has 106 valence electrons. The van der Waals surface area contributed by atoms with Gasteiger partial charge in [-0.2, -0.15) is 18.4 Å². The molecule has 1 atom stereocenters. The number of alkyl halides is 3. The quantitative estimate of drug-likeness (QED) is 0.871. The van der Waals surface area contributed by atoms with Crippen molar-refractivity contribution in [1.29, 1.82) is 5.26 Å². The summed E-state index contributed by atoms with van der Waals surface area (Å²) in [6.07, 6.45) is -3.04. The van der Waals surface area contributed by atoms with E-state index < -0.39 is 28.7 Å². The number of nitrogens with one attached hydrogen (secondary N) is 1. The zero-order valence-electron chi connectivity index (χ0n) is 10.2. The van der Waals surface area contributed by atoms with Gasteiger partial charge in [-0.05, 0) is 30.5 Å². The Morgan fingerprint density at radius 2 is 1.85 bits per heavy atom. The normalized spacial score (nSPS) is 12.3. The number of rotatable bonds is 3. The highest BCUT2D eigenvalue weighted by Gasteiger charge is 2.30. The van der Waals surface area contributed by atoms with E-state index in [1.165, 1.54) is 6.26 Å². The number of benzene rings is 1. The van der Waals surface area contributed by atoms with E-state index in [1.807, 2.05) is 0 Å². The summed E-state index contributed by atoms with van der Waals surface area (Å²) in [5.74, 6) is -2.36. The molecule has 0 aliphatic heterocycles. The summed E-state index contributed by atoms with van der Waals surface area (Å²) < 4.78 is 37.0. The Bertz CT molecular complexity index is 549. The minimum absolute atomic E-state index is 0.0807. The number of anilines is 1. The second-order valence-corrected chi connectivity index (χ2v) is 4.46. The van der Waals surface area contributed by atoms with Crippen molar-refractivity contribution in [2.45, 2.75) is 6.18 Å². The van der Waals surface area contributed by atoms with Crippen LogP contribution < -0.4 is 5.32 Å². The molecule has 0 aromatic heterocycles. The fourth-order valence-electron chi connectivity index (χ4n) is 1.29. The van der Waals surface area contributed by atoms with E-state index in [1.54, 1.807) is 6.07 Å². The summed E-state index contributed by atoms with van der Waals surface area (Å²) in [4.78, 5) is 22.9. The fourth-order valence-corrected chi connectivity index (χ4v) is 1.69. The Hall–Kier alpha value is -2.01. The molecule has 1 unspecified atom stereocenters. The van der Waals surface area contributed by atoms with Gasteiger partial charge in [0.1, 0.15) is 0 Å². The highest BCUT2D eigenvalue weighted by Crippen LogP contribution is 2.29. The second kappa shape index (κ2) is 6.43. The Kier molecular flexibility index (Phi) is 5.16. The average Bonchev–Trinajstić information content (AvgIpc) is 2.38. The van der Waals surface area contributed by atoms with Crippen molar-refractivity contribution in [3.05, 3.63) is 29.8 Å². The van der Waals surface area contributed by atoms with Gasteiger partial charge in [0.05, 0.1) is 11.6 Å². The van der Waals surface area contributed by atoms with E-state index in [2.05, 4.69) is 5.32 Å². The molecule has 20 heavy (non-hydrogen) atoms. The van der Waals surface area contributed by atoms with Crippen LogP contribution in [0, 0.1) is 17.2 Å². The number of amides is 1. The molecule has 0 spiro atoms. The summed E-state index contributed by atoms with van der Waals surface area (Å²) >= 11 is 0.731. The lowest BCUT2D eigenvalue weighted by atomic mass is 10.1. The van der Waals surface area contributed by atoms with Crippen LogP contribution in [0.15, 0.2) is 24.3 Å². The average molecular weight is 302 g/mol. The summed E-state index contributed by atoms with van der Waals surface area (Å²) in [5, 5.41) is 10.3. The van der Waals surface area contributed by atoms with Gasteiger partial charge in [0.2, 0.25) is 11.0 Å². The minimum Gasteiger partial charge on any atom is -0.325 e. The van der Waals surface area contributed by atoms with Crippen LogP contribution in [-0.4, -0.2) is 17.3 Å². The molecule has 1 aromatic rings. The lowest BCUT2D eigenvalue weighted by molar-refractivity contribution is -0.137. The molecule has 0 aliphatic carbocycles. The third-order valence-corrected chi connectivity index (χ3v) is 2.95. The molecule has 0 heterocycles. The van der Waals surface area contributed by atoms with Crippen molar-refractivity contribution < 1.29 is 22.8 Å². The van der Waals surface area contributed by atoms with Gasteiger partial charge in [-0.15, -0.1) is 0 Å². The molecule has 4 nitrogen and oxygen atoms in total. The lowest BCUT2D eigenvalue weighted by Crippen LogP contribution is -2.26. The smallest absolute Gasteiger partial charge is 0.325 e. The van der Waals surface area contributed by atoms with E-state index in [0.717, 1.165) is 36.0 Å². The van der Waals surface area contributed by atoms with Crippen molar-refractivity contribution in [2.24, 2.45) is 5.92 Å². The van der Waals surface area contributed by atoms with Crippen molar-refractivity contribution >= 4 is 28.5 Å². The predicted molar refractivity (Wildman–Crippen MR) is 67.7 cm³/mol. The van der Waals surface area contributed by atoms with Gasteiger partial charge in [-0.1, -0.05) is 11.8 Å². The van der Waals surface area contributed by atoms with E-state index in [9.17, 15) is 22.8 Å². The first kappa shape index (κ1) is 16.0. The molecule has 1 aromatic carbocycles. The van der Waals surface area contributed by atoms with Crippen molar-refractivity contribution in [1.82, 2.24) is 0 Å². The van der Waals surface area contributed by atoms with Crippen LogP contribution in [0.1, 0.15) is 5.56 Å². The summed E-state index contributed by atoms with van der Waals surface area (Å²) in [7, 11) is 0. The number of nitrogens with zero attached hydrogens (tertiary/aromatic N) is 1. The SMILES string of the molecule is CSC(=O)C(C#N)C(=O)Nc1ccc(C(F)(F)F)cc1. The molecule has 0 saturated carbocycles. The molecule has 1 N–H and O–H groups in total. The van der Waals surface area contributed by atoms with E-state index >= 15 is 0 Å². The van der Waals surface area contributed by atoms with Crippen LogP contribution in [0.5, 0.6) is 0 Å². The number of hydrogen-bond acceptors (Lipinski definition) is 4. The van der Waals surface area contributed by atoms with Gasteiger partial charge < -0.3 is 5.32 Å². The molecule has 0 radical (unpaired) electrons. The van der Waals surface area contributed by atoms with E-state index in [-0.39, 0.29) is 5.69 Å². The maximum absolute atomic E-state index is 12.3. The maximum Gasteiger partial charge on any atom is 0.416 e. The third-order valence-electron chi connectivity index (χ3n) is 2.31. The van der Waals surface area contributed by atoms with Crippen LogP contribution in [0.25, 0.3) is 0 Å². The van der Waals surface area contributed by atoms with E-state index in [0.29, 0.717) is 0 Å². The molecule has 0 bridgehead atoms. The number of thioether (sulfide) groups is 1. The van der Waals surface area contributed by atoms with Crippen LogP contribution >= 0.6 is 11.8 Å². The zero-order valence-corrected chi connectivity index (χ0v) is 11.0. The third kappa shape index (κ3) is 3.99. The first-order valence-corrected chi connectivity index (χ1v) is 6.47. The predicted octanol–water partition coefficient (Wildman–Crippen LogP) is 2.67. The molecule has 1 rings (SSSR count). The van der Waals surface area contributed by atoms with Gasteiger partial charge in [0, 0.05) is 5.69 Å².